The molecule has 1 aliphatic carbocycles. The Bertz CT molecular complexity index is 2600. The molecule has 9 rings (SSSR count). The van der Waals surface area contributed by atoms with Gasteiger partial charge in [0.15, 0.2) is 5.82 Å². The molecule has 3 aliphatic heterocycles. The van der Waals surface area contributed by atoms with Crippen molar-refractivity contribution in [3.63, 3.8) is 0 Å². The molecule has 1 N–H and O–H groups in total. The number of carbonyl (C=O) groups excluding carboxylic acids is 1. The van der Waals surface area contributed by atoms with Gasteiger partial charge in [0.1, 0.15) is 28.6 Å². The standard InChI is InChI=1S/C51H60F2N8O3/c1-6-39-42(52)13-11-36-25-38(62)27-40(45(36)39)47-46(53)48-41(28-54-47)49(61-18-8-9-33(3)29-61)56-50(55-48)64-32-51(16-17-51)31-59-19-14-35(15-20-59)30-58-21-23-60(24-22-58)37-12-10-34(4)43(26-37)57(5)44(63)7-2/h1,10-13,25-28,33,35,62H,7-9,14-24,29-32H2,2-5H3. The lowest BCUT2D eigenvalue weighted by Crippen LogP contribution is -2.49. The van der Waals surface area contributed by atoms with Crippen LogP contribution in [0.15, 0.2) is 48.7 Å². The maximum atomic E-state index is 17.0. The molecular weight excluding hydrogens is 811 g/mol. The minimum atomic E-state index is -0.712. The van der Waals surface area contributed by atoms with E-state index in [0.717, 1.165) is 102 Å². The van der Waals surface area contributed by atoms with Gasteiger partial charge < -0.3 is 29.4 Å². The highest BCUT2D eigenvalue weighted by Gasteiger charge is 2.45. The van der Waals surface area contributed by atoms with E-state index in [1.54, 1.807) is 11.1 Å². The normalized spacial score (nSPS) is 19.5. The van der Waals surface area contributed by atoms with Crippen molar-refractivity contribution < 1.29 is 23.4 Å². The van der Waals surface area contributed by atoms with E-state index in [4.69, 9.17) is 21.1 Å². The summed E-state index contributed by atoms with van der Waals surface area (Å²) in [6.07, 6.45) is 14.3. The Labute approximate surface area is 375 Å². The van der Waals surface area contributed by atoms with Gasteiger partial charge in [0.2, 0.25) is 5.91 Å². The zero-order valence-electron chi connectivity index (χ0n) is 37.7. The van der Waals surface area contributed by atoms with Crippen LogP contribution in [0.1, 0.15) is 69.9 Å². The maximum absolute atomic E-state index is 17.0. The van der Waals surface area contributed by atoms with Gasteiger partial charge in [-0.25, -0.2) is 8.78 Å². The van der Waals surface area contributed by atoms with E-state index in [1.165, 1.54) is 42.8 Å². The van der Waals surface area contributed by atoms with Crippen molar-refractivity contribution >= 4 is 44.8 Å². The Hall–Kier alpha value is -5.58. The largest absolute Gasteiger partial charge is 0.508 e. The summed E-state index contributed by atoms with van der Waals surface area (Å²) >= 11 is 0. The molecule has 13 heteroatoms. The molecule has 4 fully saturated rings. The van der Waals surface area contributed by atoms with Crippen LogP contribution in [0.2, 0.25) is 0 Å². The van der Waals surface area contributed by atoms with Crippen molar-refractivity contribution in [2.45, 2.75) is 65.7 Å². The number of pyridine rings is 1. The quantitative estimate of drug-likeness (QED) is 0.123. The number of rotatable bonds is 12. The second-order valence-electron chi connectivity index (χ2n) is 18.9. The van der Waals surface area contributed by atoms with Gasteiger partial charge >= 0.3 is 6.01 Å². The third-order valence-corrected chi connectivity index (χ3v) is 14.3. The average molecular weight is 871 g/mol. The molecule has 3 aromatic carbocycles. The summed E-state index contributed by atoms with van der Waals surface area (Å²) in [6.45, 7) is 16.4. The molecule has 1 saturated carbocycles. The molecule has 1 amide bonds. The summed E-state index contributed by atoms with van der Waals surface area (Å²) in [5, 5.41) is 11.9. The number of aromatic hydroxyl groups is 1. The number of amides is 1. The van der Waals surface area contributed by atoms with Gasteiger partial charge in [0.05, 0.1) is 17.6 Å². The number of likely N-dealkylation sites (tertiary alicyclic amines) is 1. The van der Waals surface area contributed by atoms with Crippen molar-refractivity contribution in [1.29, 1.82) is 0 Å². The molecule has 5 aromatic rings. The molecule has 64 heavy (non-hydrogen) atoms. The number of piperazine rings is 1. The monoisotopic (exact) mass is 870 g/mol. The molecular formula is C51H60F2N8O3. The number of phenolic OH excluding ortho intramolecular Hbond substituents is 1. The number of nitrogens with zero attached hydrogens (tertiary/aromatic N) is 8. The van der Waals surface area contributed by atoms with Crippen LogP contribution in [0.5, 0.6) is 11.8 Å². The molecule has 1 atom stereocenters. The Morgan fingerprint density at radius 1 is 0.984 bits per heavy atom. The molecule has 2 aromatic heterocycles. The number of halogens is 2. The first kappa shape index (κ1) is 43.7. The second kappa shape index (κ2) is 18.1. The van der Waals surface area contributed by atoms with E-state index < -0.39 is 11.6 Å². The first-order valence-electron chi connectivity index (χ1n) is 23.2. The van der Waals surface area contributed by atoms with E-state index in [9.17, 15) is 14.3 Å². The van der Waals surface area contributed by atoms with E-state index >= 15 is 4.39 Å². The van der Waals surface area contributed by atoms with Gasteiger partial charge in [-0.3, -0.25) is 14.7 Å². The predicted octanol–water partition coefficient (Wildman–Crippen LogP) is 8.42. The van der Waals surface area contributed by atoms with Crippen molar-refractivity contribution in [2.75, 3.05) is 93.8 Å². The second-order valence-corrected chi connectivity index (χ2v) is 18.9. The van der Waals surface area contributed by atoms with Gasteiger partial charge in [-0.05, 0) is 112 Å². The van der Waals surface area contributed by atoms with Crippen LogP contribution in [0.25, 0.3) is 32.9 Å². The molecule has 0 bridgehead atoms. The number of aryl methyl sites for hydroxylation is 1. The van der Waals surface area contributed by atoms with Crippen LogP contribution in [0.4, 0.5) is 26.0 Å². The molecule has 3 saturated heterocycles. The van der Waals surface area contributed by atoms with E-state index in [-0.39, 0.29) is 45.4 Å². The summed E-state index contributed by atoms with van der Waals surface area (Å²) in [4.78, 5) is 38.2. The molecule has 4 aliphatic rings. The fraction of sp³-hybridized carbons (Fsp3) is 0.490. The number of piperidine rings is 2. The molecule has 0 radical (unpaired) electrons. The van der Waals surface area contributed by atoms with Gasteiger partial charge in [0, 0.05) is 99.8 Å². The fourth-order valence-corrected chi connectivity index (χ4v) is 10.3. The van der Waals surface area contributed by atoms with Crippen LogP contribution in [0, 0.1) is 48.2 Å². The van der Waals surface area contributed by atoms with Crippen molar-refractivity contribution in [3.8, 4) is 35.4 Å². The zero-order chi connectivity index (χ0) is 44.7. The Morgan fingerprint density at radius 2 is 1.77 bits per heavy atom. The lowest BCUT2D eigenvalue weighted by Gasteiger charge is -2.40. The molecule has 5 heterocycles. The topological polar surface area (TPSA) is 101 Å². The Balaban J connectivity index is 0.854. The van der Waals surface area contributed by atoms with Crippen LogP contribution in [-0.2, 0) is 4.79 Å². The molecule has 11 nitrogen and oxygen atoms in total. The first-order valence-corrected chi connectivity index (χ1v) is 23.2. The third kappa shape index (κ3) is 8.91. The molecule has 1 unspecified atom stereocenters. The van der Waals surface area contributed by atoms with Gasteiger partial charge in [-0.15, -0.1) is 6.42 Å². The van der Waals surface area contributed by atoms with Gasteiger partial charge in [-0.2, -0.15) is 9.97 Å². The number of terminal acetylenes is 1. The number of anilines is 3. The number of fused-ring (bicyclic) bond motifs is 2. The summed E-state index contributed by atoms with van der Waals surface area (Å²) < 4.78 is 38.5. The lowest BCUT2D eigenvalue weighted by molar-refractivity contribution is -0.118. The minimum Gasteiger partial charge on any atom is -0.508 e. The third-order valence-electron chi connectivity index (χ3n) is 14.3. The number of carbonyl (C=O) groups is 1. The highest BCUT2D eigenvalue weighted by molar-refractivity contribution is 6.03. The molecule has 0 spiro atoms. The Kier molecular flexibility index (Phi) is 12.4. The number of aromatic nitrogens is 3. The first-order chi connectivity index (χ1) is 30.9. The highest BCUT2D eigenvalue weighted by Crippen LogP contribution is 2.47. The highest BCUT2D eigenvalue weighted by atomic mass is 19.1. The Morgan fingerprint density at radius 3 is 2.48 bits per heavy atom. The van der Waals surface area contributed by atoms with E-state index in [2.05, 4.69) is 62.6 Å². The van der Waals surface area contributed by atoms with Crippen LogP contribution >= 0.6 is 0 Å². The average Bonchev–Trinajstić information content (AvgIpc) is 4.08. The zero-order valence-corrected chi connectivity index (χ0v) is 37.7. The van der Waals surface area contributed by atoms with Crippen molar-refractivity contribution in [3.05, 3.63) is 71.4 Å². The van der Waals surface area contributed by atoms with Crippen LogP contribution in [-0.4, -0.2) is 115 Å². The number of benzene rings is 3. The minimum absolute atomic E-state index is 0.00606. The summed E-state index contributed by atoms with van der Waals surface area (Å²) in [5.41, 5.74) is 3.40. The van der Waals surface area contributed by atoms with E-state index in [0.29, 0.717) is 46.8 Å². The summed E-state index contributed by atoms with van der Waals surface area (Å²) in [5.74, 6) is 2.78. The number of ether oxygens (including phenoxy) is 1. The maximum Gasteiger partial charge on any atom is 0.319 e. The molecule has 336 valence electrons. The van der Waals surface area contributed by atoms with Gasteiger partial charge in [0.25, 0.3) is 0 Å². The number of hydrogen-bond donors (Lipinski definition) is 1. The van der Waals surface area contributed by atoms with E-state index in [1.807, 2.05) is 14.0 Å². The number of hydrogen-bond acceptors (Lipinski definition) is 10. The summed E-state index contributed by atoms with van der Waals surface area (Å²) in [7, 11) is 1.87. The number of phenols is 1. The lowest BCUT2D eigenvalue weighted by atomic mass is 9.94. The van der Waals surface area contributed by atoms with Crippen LogP contribution in [0.3, 0.4) is 0 Å². The SMILES string of the molecule is C#Cc1c(F)ccc2cc(O)cc(-c3ncc4c(N5CCCC(C)C5)nc(OCC5(CN6CCC(CN7CCN(c8ccc(C)c(N(C)C(=O)CC)c8)CC7)CC6)CC5)nc4c3F)c12. The van der Waals surface area contributed by atoms with Gasteiger partial charge in [-0.1, -0.05) is 31.9 Å². The summed E-state index contributed by atoms with van der Waals surface area (Å²) in [6, 6.07) is 12.2. The van der Waals surface area contributed by atoms with Crippen molar-refractivity contribution in [1.82, 2.24) is 24.8 Å². The van der Waals surface area contributed by atoms with Crippen LogP contribution < -0.4 is 19.4 Å². The fourth-order valence-electron chi connectivity index (χ4n) is 10.3. The smallest absolute Gasteiger partial charge is 0.319 e. The van der Waals surface area contributed by atoms with Crippen molar-refractivity contribution in [2.24, 2.45) is 17.3 Å². The predicted molar refractivity (Wildman–Crippen MR) is 250 cm³/mol.